The monoisotopic (exact) mass is 279 g/mol. The molecule has 0 atom stereocenters. The van der Waals surface area contributed by atoms with Crippen molar-refractivity contribution in [2.24, 2.45) is 7.05 Å². The van der Waals surface area contributed by atoms with Crippen molar-refractivity contribution in [2.75, 3.05) is 5.73 Å². The molecule has 2 N–H and O–H groups in total. The summed E-state index contributed by atoms with van der Waals surface area (Å²) < 4.78 is 2.41. The number of nitrogens with zero attached hydrogens (tertiary/aromatic N) is 2. The van der Waals surface area contributed by atoms with Crippen molar-refractivity contribution in [1.29, 1.82) is 0 Å². The zero-order chi connectivity index (χ0) is 11.7. The van der Waals surface area contributed by atoms with Crippen LogP contribution in [0.3, 0.4) is 0 Å². The summed E-state index contributed by atoms with van der Waals surface area (Å²) >= 11 is 3.31. The first kappa shape index (κ1) is 10.9. The van der Waals surface area contributed by atoms with Crippen LogP contribution in [0, 0.1) is 0 Å². The van der Waals surface area contributed by atoms with Gasteiger partial charge in [-0.05, 0) is 24.3 Å². The van der Waals surface area contributed by atoms with E-state index in [0.29, 0.717) is 16.9 Å². The van der Waals surface area contributed by atoms with Crippen molar-refractivity contribution in [3.8, 4) is 0 Å². The highest BCUT2D eigenvalue weighted by atomic mass is 79.9. The first-order chi connectivity index (χ1) is 7.58. The molecule has 0 fully saturated rings. The number of aromatic nitrogens is 2. The van der Waals surface area contributed by atoms with Gasteiger partial charge in [0.25, 0.3) is 0 Å². The van der Waals surface area contributed by atoms with Gasteiger partial charge in [-0.25, -0.2) is 0 Å². The second-order valence-corrected chi connectivity index (χ2v) is 4.35. The Bertz CT molecular complexity index is 548. The summed E-state index contributed by atoms with van der Waals surface area (Å²) in [7, 11) is 1.76. The van der Waals surface area contributed by atoms with Crippen molar-refractivity contribution < 1.29 is 4.79 Å². The van der Waals surface area contributed by atoms with Gasteiger partial charge in [0.2, 0.25) is 5.78 Å². The predicted molar refractivity (Wildman–Crippen MR) is 65.2 cm³/mol. The molecule has 1 aromatic carbocycles. The summed E-state index contributed by atoms with van der Waals surface area (Å²) in [6.45, 7) is 0. The minimum atomic E-state index is -0.167. The minimum Gasteiger partial charge on any atom is -0.398 e. The van der Waals surface area contributed by atoms with Crippen molar-refractivity contribution in [3.05, 3.63) is 46.2 Å². The lowest BCUT2D eigenvalue weighted by atomic mass is 10.1. The van der Waals surface area contributed by atoms with Gasteiger partial charge in [0.1, 0.15) is 5.69 Å². The Kier molecular flexibility index (Phi) is 2.78. The molecule has 4 nitrogen and oxygen atoms in total. The van der Waals surface area contributed by atoms with Crippen LogP contribution in [0.25, 0.3) is 0 Å². The van der Waals surface area contributed by atoms with Gasteiger partial charge >= 0.3 is 0 Å². The van der Waals surface area contributed by atoms with Crippen LogP contribution in [0.5, 0.6) is 0 Å². The van der Waals surface area contributed by atoms with Crippen LogP contribution in [-0.2, 0) is 7.05 Å². The average molecular weight is 280 g/mol. The molecule has 2 aromatic rings. The van der Waals surface area contributed by atoms with Crippen molar-refractivity contribution in [1.82, 2.24) is 9.78 Å². The number of ketones is 1. The van der Waals surface area contributed by atoms with E-state index in [0.717, 1.165) is 4.47 Å². The number of benzene rings is 1. The van der Waals surface area contributed by atoms with Crippen molar-refractivity contribution >= 4 is 27.4 Å². The van der Waals surface area contributed by atoms with Gasteiger partial charge in [0.15, 0.2) is 0 Å². The number of anilines is 1. The molecule has 0 saturated carbocycles. The maximum atomic E-state index is 12.1. The number of carbonyl (C=O) groups is 1. The predicted octanol–water partition coefficient (Wildman–Crippen LogP) is 2.00. The van der Waals surface area contributed by atoms with Crippen LogP contribution in [0.2, 0.25) is 0 Å². The fourth-order valence-electron chi connectivity index (χ4n) is 1.40. The summed E-state index contributed by atoms with van der Waals surface area (Å²) in [6.07, 6.45) is 1.72. The lowest BCUT2D eigenvalue weighted by Gasteiger charge is -2.03. The lowest BCUT2D eigenvalue weighted by molar-refractivity contribution is 0.103. The second kappa shape index (κ2) is 4.09. The van der Waals surface area contributed by atoms with Crippen LogP contribution in [0.4, 0.5) is 5.69 Å². The molecular formula is C11H10BrN3O. The smallest absolute Gasteiger partial charge is 0.215 e. The van der Waals surface area contributed by atoms with Crippen LogP contribution >= 0.6 is 15.9 Å². The standard InChI is InChI=1S/C11H10BrN3O/c1-15-5-4-10(14-15)11(16)8-6-7(12)2-3-9(8)13/h2-6H,13H2,1H3. The van der Waals surface area contributed by atoms with E-state index in [4.69, 9.17) is 5.73 Å². The molecule has 1 heterocycles. The van der Waals surface area contributed by atoms with E-state index in [-0.39, 0.29) is 5.78 Å². The molecular weight excluding hydrogens is 270 g/mol. The van der Waals surface area contributed by atoms with Gasteiger partial charge in [-0.3, -0.25) is 9.48 Å². The Labute approximate surface area is 101 Å². The minimum absolute atomic E-state index is 0.167. The van der Waals surface area contributed by atoms with E-state index >= 15 is 0 Å². The number of nitrogens with two attached hydrogens (primary N) is 1. The van der Waals surface area contributed by atoms with Crippen LogP contribution in [0.1, 0.15) is 16.1 Å². The molecule has 0 saturated heterocycles. The maximum absolute atomic E-state index is 12.1. The number of aryl methyl sites for hydroxylation is 1. The molecule has 0 radical (unpaired) electrons. The number of hydrogen-bond donors (Lipinski definition) is 1. The van der Waals surface area contributed by atoms with E-state index in [1.54, 1.807) is 42.2 Å². The first-order valence-corrected chi connectivity index (χ1v) is 5.46. The molecule has 0 spiro atoms. The first-order valence-electron chi connectivity index (χ1n) is 4.67. The van der Waals surface area contributed by atoms with Gasteiger partial charge < -0.3 is 5.73 Å². The fourth-order valence-corrected chi connectivity index (χ4v) is 1.76. The molecule has 82 valence electrons. The zero-order valence-corrected chi connectivity index (χ0v) is 10.2. The van der Waals surface area contributed by atoms with E-state index in [2.05, 4.69) is 21.0 Å². The topological polar surface area (TPSA) is 60.9 Å². The van der Waals surface area contributed by atoms with Gasteiger partial charge in [-0.15, -0.1) is 0 Å². The average Bonchev–Trinajstić information content (AvgIpc) is 2.67. The number of carbonyl (C=O) groups excluding carboxylic acids is 1. The Balaban J connectivity index is 2.45. The number of nitrogen functional groups attached to an aromatic ring is 1. The molecule has 5 heteroatoms. The van der Waals surface area contributed by atoms with Crippen molar-refractivity contribution in [2.45, 2.75) is 0 Å². The Morgan fingerprint density at radius 2 is 2.19 bits per heavy atom. The van der Waals surface area contributed by atoms with Crippen LogP contribution in [-0.4, -0.2) is 15.6 Å². The molecule has 0 amide bonds. The van der Waals surface area contributed by atoms with Gasteiger partial charge in [0.05, 0.1) is 0 Å². The maximum Gasteiger partial charge on any atom is 0.215 e. The molecule has 0 bridgehead atoms. The van der Waals surface area contributed by atoms with E-state index < -0.39 is 0 Å². The molecule has 2 rings (SSSR count). The number of halogens is 1. The third-order valence-corrected chi connectivity index (χ3v) is 2.70. The van der Waals surface area contributed by atoms with Gasteiger partial charge in [0, 0.05) is 29.0 Å². The highest BCUT2D eigenvalue weighted by molar-refractivity contribution is 9.10. The lowest BCUT2D eigenvalue weighted by Crippen LogP contribution is -2.06. The molecule has 0 unspecified atom stereocenters. The Morgan fingerprint density at radius 1 is 1.44 bits per heavy atom. The third kappa shape index (κ3) is 1.99. The molecule has 0 aliphatic carbocycles. The van der Waals surface area contributed by atoms with E-state index in [9.17, 15) is 4.79 Å². The van der Waals surface area contributed by atoms with Gasteiger partial charge in [-0.2, -0.15) is 5.10 Å². The number of rotatable bonds is 2. The number of hydrogen-bond acceptors (Lipinski definition) is 3. The SMILES string of the molecule is Cn1ccc(C(=O)c2cc(Br)ccc2N)n1. The summed E-state index contributed by atoms with van der Waals surface area (Å²) in [5.74, 6) is -0.167. The molecule has 0 aliphatic heterocycles. The Hall–Kier alpha value is -1.62. The summed E-state index contributed by atoms with van der Waals surface area (Å²) in [5.41, 5.74) is 7.08. The summed E-state index contributed by atoms with van der Waals surface area (Å²) in [5, 5.41) is 4.05. The zero-order valence-electron chi connectivity index (χ0n) is 8.64. The fraction of sp³-hybridized carbons (Fsp3) is 0.0909. The summed E-state index contributed by atoms with van der Waals surface area (Å²) in [4.78, 5) is 12.1. The third-order valence-electron chi connectivity index (χ3n) is 2.21. The molecule has 0 aliphatic rings. The Morgan fingerprint density at radius 3 is 2.81 bits per heavy atom. The quantitative estimate of drug-likeness (QED) is 0.676. The normalized spacial score (nSPS) is 10.4. The van der Waals surface area contributed by atoms with Crippen LogP contribution in [0.15, 0.2) is 34.9 Å². The summed E-state index contributed by atoms with van der Waals surface area (Å²) in [6, 6.07) is 6.86. The van der Waals surface area contributed by atoms with Crippen LogP contribution < -0.4 is 5.73 Å². The van der Waals surface area contributed by atoms with E-state index in [1.807, 2.05) is 0 Å². The van der Waals surface area contributed by atoms with Gasteiger partial charge in [-0.1, -0.05) is 15.9 Å². The van der Waals surface area contributed by atoms with Crippen molar-refractivity contribution in [3.63, 3.8) is 0 Å². The second-order valence-electron chi connectivity index (χ2n) is 3.44. The molecule has 16 heavy (non-hydrogen) atoms. The molecule has 1 aromatic heterocycles. The van der Waals surface area contributed by atoms with E-state index in [1.165, 1.54) is 0 Å². The highest BCUT2D eigenvalue weighted by Gasteiger charge is 2.14. The highest BCUT2D eigenvalue weighted by Crippen LogP contribution is 2.20. The largest absolute Gasteiger partial charge is 0.398 e.